The summed E-state index contributed by atoms with van der Waals surface area (Å²) in [6, 6.07) is 16.1. The zero-order chi connectivity index (χ0) is 16.8. The van der Waals surface area contributed by atoms with Crippen molar-refractivity contribution >= 4 is 5.97 Å². The van der Waals surface area contributed by atoms with Crippen molar-refractivity contribution in [3.63, 3.8) is 0 Å². The van der Waals surface area contributed by atoms with E-state index in [2.05, 4.69) is 29.2 Å². The topological polar surface area (TPSA) is 44.1 Å². The SMILES string of the molecule is CCOC(=O)c1ccc(CCc2ccc(-n3ccnc3)cc2)cc1. The number of esters is 1. The van der Waals surface area contributed by atoms with Crippen LogP contribution < -0.4 is 0 Å². The lowest BCUT2D eigenvalue weighted by molar-refractivity contribution is 0.0526. The predicted octanol–water partition coefficient (Wildman–Crippen LogP) is 3.83. The largest absolute Gasteiger partial charge is 0.462 e. The van der Waals surface area contributed by atoms with Gasteiger partial charge in [0.1, 0.15) is 0 Å². The van der Waals surface area contributed by atoms with Gasteiger partial charge in [-0.05, 0) is 55.2 Å². The van der Waals surface area contributed by atoms with Gasteiger partial charge in [0.15, 0.2) is 0 Å². The van der Waals surface area contributed by atoms with Gasteiger partial charge < -0.3 is 9.30 Å². The maximum atomic E-state index is 11.6. The molecule has 0 bridgehead atoms. The molecule has 1 heterocycles. The molecule has 3 rings (SSSR count). The van der Waals surface area contributed by atoms with Crippen LogP contribution in [0.1, 0.15) is 28.4 Å². The number of carbonyl (C=O) groups excluding carboxylic acids is 1. The maximum Gasteiger partial charge on any atom is 0.338 e. The van der Waals surface area contributed by atoms with Crippen LogP contribution in [-0.2, 0) is 17.6 Å². The molecular weight excluding hydrogens is 300 g/mol. The molecule has 0 fully saturated rings. The Morgan fingerprint density at radius 3 is 2.17 bits per heavy atom. The van der Waals surface area contributed by atoms with E-state index in [0.717, 1.165) is 18.5 Å². The minimum absolute atomic E-state index is 0.265. The van der Waals surface area contributed by atoms with E-state index in [1.165, 1.54) is 11.1 Å². The first-order chi connectivity index (χ1) is 11.8. The van der Waals surface area contributed by atoms with E-state index in [4.69, 9.17) is 4.74 Å². The molecule has 0 radical (unpaired) electrons. The van der Waals surface area contributed by atoms with Gasteiger partial charge in [-0.1, -0.05) is 24.3 Å². The Hall–Kier alpha value is -2.88. The van der Waals surface area contributed by atoms with E-state index in [1.54, 1.807) is 12.5 Å². The number of benzene rings is 2. The van der Waals surface area contributed by atoms with E-state index < -0.39 is 0 Å². The third kappa shape index (κ3) is 3.90. The molecule has 0 N–H and O–H groups in total. The Morgan fingerprint density at radius 2 is 1.62 bits per heavy atom. The van der Waals surface area contributed by atoms with Crippen LogP contribution in [0.4, 0.5) is 0 Å². The average Bonchev–Trinajstić information content (AvgIpc) is 3.16. The molecule has 0 aliphatic rings. The van der Waals surface area contributed by atoms with Gasteiger partial charge in [0, 0.05) is 18.1 Å². The molecule has 4 nitrogen and oxygen atoms in total. The number of aryl methyl sites for hydroxylation is 2. The monoisotopic (exact) mass is 320 g/mol. The summed E-state index contributed by atoms with van der Waals surface area (Å²) in [5, 5.41) is 0. The standard InChI is InChI=1S/C20H20N2O2/c1-2-24-20(23)18-9-5-16(6-10-18)3-4-17-7-11-19(12-8-17)22-14-13-21-15-22/h5-15H,2-4H2,1H3. The van der Waals surface area contributed by atoms with Crippen LogP contribution in [0.15, 0.2) is 67.3 Å². The van der Waals surface area contributed by atoms with Gasteiger partial charge in [-0.25, -0.2) is 9.78 Å². The molecule has 0 amide bonds. The van der Waals surface area contributed by atoms with Gasteiger partial charge in [0.2, 0.25) is 0 Å². The van der Waals surface area contributed by atoms with Crippen molar-refractivity contribution in [3.8, 4) is 5.69 Å². The summed E-state index contributed by atoms with van der Waals surface area (Å²) in [5.74, 6) is -0.265. The summed E-state index contributed by atoms with van der Waals surface area (Å²) in [6.45, 7) is 2.21. The normalized spacial score (nSPS) is 10.5. The van der Waals surface area contributed by atoms with Crippen LogP contribution in [0.5, 0.6) is 0 Å². The minimum atomic E-state index is -0.265. The van der Waals surface area contributed by atoms with Crippen molar-refractivity contribution in [2.24, 2.45) is 0 Å². The van der Waals surface area contributed by atoms with Crippen molar-refractivity contribution < 1.29 is 9.53 Å². The van der Waals surface area contributed by atoms with E-state index in [9.17, 15) is 4.79 Å². The molecule has 3 aromatic rings. The summed E-state index contributed by atoms with van der Waals surface area (Å²) in [4.78, 5) is 15.7. The molecule has 0 saturated carbocycles. The lowest BCUT2D eigenvalue weighted by Crippen LogP contribution is -2.04. The molecule has 1 aromatic heterocycles. The lowest BCUT2D eigenvalue weighted by atomic mass is 10.0. The second-order valence-electron chi connectivity index (χ2n) is 5.55. The maximum absolute atomic E-state index is 11.6. The summed E-state index contributed by atoms with van der Waals surface area (Å²) < 4.78 is 6.98. The van der Waals surface area contributed by atoms with Crippen LogP contribution in [0.25, 0.3) is 5.69 Å². The highest BCUT2D eigenvalue weighted by Crippen LogP contribution is 2.13. The van der Waals surface area contributed by atoms with Crippen LogP contribution in [0, 0.1) is 0 Å². The van der Waals surface area contributed by atoms with Gasteiger partial charge in [-0.2, -0.15) is 0 Å². The number of nitrogens with zero attached hydrogens (tertiary/aromatic N) is 2. The van der Waals surface area contributed by atoms with Gasteiger partial charge in [0.25, 0.3) is 0 Å². The Bertz CT molecular complexity index is 776. The Kier molecular flexibility index (Phi) is 5.06. The first-order valence-electron chi connectivity index (χ1n) is 8.09. The average molecular weight is 320 g/mol. The van der Waals surface area contributed by atoms with Crippen molar-refractivity contribution in [1.82, 2.24) is 9.55 Å². The number of ether oxygens (including phenoxy) is 1. The fourth-order valence-electron chi connectivity index (χ4n) is 2.56. The van der Waals surface area contributed by atoms with E-state index in [-0.39, 0.29) is 5.97 Å². The highest BCUT2D eigenvalue weighted by molar-refractivity contribution is 5.89. The van der Waals surface area contributed by atoms with Gasteiger partial charge >= 0.3 is 5.97 Å². The second-order valence-corrected chi connectivity index (χ2v) is 5.55. The van der Waals surface area contributed by atoms with Crippen molar-refractivity contribution in [2.75, 3.05) is 6.61 Å². The Morgan fingerprint density at radius 1 is 1.00 bits per heavy atom. The smallest absolute Gasteiger partial charge is 0.338 e. The summed E-state index contributed by atoms with van der Waals surface area (Å²) in [6.07, 6.45) is 7.39. The molecule has 0 saturated heterocycles. The number of rotatable bonds is 6. The first kappa shape index (κ1) is 16.0. The number of hydrogen-bond donors (Lipinski definition) is 0. The summed E-state index contributed by atoms with van der Waals surface area (Å²) in [5.41, 5.74) is 4.20. The highest BCUT2D eigenvalue weighted by Gasteiger charge is 2.05. The van der Waals surface area contributed by atoms with E-state index in [0.29, 0.717) is 12.2 Å². The molecule has 0 atom stereocenters. The van der Waals surface area contributed by atoms with Crippen molar-refractivity contribution in [2.45, 2.75) is 19.8 Å². The third-order valence-corrected chi connectivity index (χ3v) is 3.91. The van der Waals surface area contributed by atoms with Gasteiger partial charge in [0.05, 0.1) is 18.5 Å². The van der Waals surface area contributed by atoms with Crippen molar-refractivity contribution in [1.29, 1.82) is 0 Å². The van der Waals surface area contributed by atoms with E-state index in [1.807, 2.05) is 42.0 Å². The quantitative estimate of drug-likeness (QED) is 0.648. The summed E-state index contributed by atoms with van der Waals surface area (Å²) in [7, 11) is 0. The summed E-state index contributed by atoms with van der Waals surface area (Å²) >= 11 is 0. The predicted molar refractivity (Wildman–Crippen MR) is 93.4 cm³/mol. The second kappa shape index (κ2) is 7.59. The number of aromatic nitrogens is 2. The molecule has 0 unspecified atom stereocenters. The number of imidazole rings is 1. The molecule has 24 heavy (non-hydrogen) atoms. The molecule has 0 aliphatic heterocycles. The van der Waals surface area contributed by atoms with Crippen LogP contribution >= 0.6 is 0 Å². The van der Waals surface area contributed by atoms with Crippen LogP contribution in [0.2, 0.25) is 0 Å². The van der Waals surface area contributed by atoms with Gasteiger partial charge in [-0.15, -0.1) is 0 Å². The van der Waals surface area contributed by atoms with E-state index >= 15 is 0 Å². The molecule has 122 valence electrons. The zero-order valence-corrected chi connectivity index (χ0v) is 13.7. The molecule has 4 heteroatoms. The third-order valence-electron chi connectivity index (χ3n) is 3.91. The molecule has 0 spiro atoms. The fraction of sp³-hybridized carbons (Fsp3) is 0.200. The zero-order valence-electron chi connectivity index (χ0n) is 13.7. The molecule has 2 aromatic carbocycles. The first-order valence-corrected chi connectivity index (χ1v) is 8.09. The van der Waals surface area contributed by atoms with Crippen LogP contribution in [-0.4, -0.2) is 22.1 Å². The van der Waals surface area contributed by atoms with Crippen molar-refractivity contribution in [3.05, 3.63) is 83.9 Å². The lowest BCUT2D eigenvalue weighted by Gasteiger charge is -2.06. The fourth-order valence-corrected chi connectivity index (χ4v) is 2.56. The number of carbonyl (C=O) groups is 1. The highest BCUT2D eigenvalue weighted by atomic mass is 16.5. The minimum Gasteiger partial charge on any atom is -0.462 e. The Labute approximate surface area is 141 Å². The molecule has 0 aliphatic carbocycles. The van der Waals surface area contributed by atoms with Crippen LogP contribution in [0.3, 0.4) is 0 Å². The molecular formula is C20H20N2O2. The van der Waals surface area contributed by atoms with Gasteiger partial charge in [-0.3, -0.25) is 0 Å². The Balaban J connectivity index is 1.58. The number of hydrogen-bond acceptors (Lipinski definition) is 3.